The van der Waals surface area contributed by atoms with E-state index >= 15 is 0 Å². The summed E-state index contributed by atoms with van der Waals surface area (Å²) in [5.41, 5.74) is 1.01. The molecule has 8 nitrogen and oxygen atoms in total. The Labute approximate surface area is 173 Å². The maximum absolute atomic E-state index is 11.7. The van der Waals surface area contributed by atoms with E-state index in [-0.39, 0.29) is 11.9 Å². The molecule has 0 aliphatic carbocycles. The van der Waals surface area contributed by atoms with Crippen LogP contribution in [0.4, 0.5) is 0 Å². The zero-order valence-corrected chi connectivity index (χ0v) is 18.1. The predicted molar refractivity (Wildman–Crippen MR) is 112 cm³/mol. The van der Waals surface area contributed by atoms with Gasteiger partial charge < -0.3 is 29.2 Å². The van der Waals surface area contributed by atoms with Gasteiger partial charge in [-0.2, -0.15) is 0 Å². The van der Waals surface area contributed by atoms with Gasteiger partial charge in [0, 0.05) is 31.7 Å². The molecule has 29 heavy (non-hydrogen) atoms. The molecule has 0 unspecified atom stereocenters. The Morgan fingerprint density at radius 3 is 2.34 bits per heavy atom. The summed E-state index contributed by atoms with van der Waals surface area (Å²) in [5.74, 6) is 2.63. The number of aliphatic imine (C=N–C) groups is 1. The molecule has 1 aliphatic heterocycles. The smallest absolute Gasteiger partial charge is 0.308 e. The number of methoxy groups -OCH3 is 4. The van der Waals surface area contributed by atoms with Gasteiger partial charge in [0.05, 0.1) is 34.4 Å². The Kier molecular flexibility index (Phi) is 8.89. The molecule has 162 valence electrons. The van der Waals surface area contributed by atoms with Crippen LogP contribution >= 0.6 is 0 Å². The number of rotatable bonds is 8. The molecule has 1 heterocycles. The van der Waals surface area contributed by atoms with Crippen LogP contribution in [0.2, 0.25) is 0 Å². The first-order chi connectivity index (χ1) is 14.1. The summed E-state index contributed by atoms with van der Waals surface area (Å²) in [5, 5.41) is 3.35. The monoisotopic (exact) mass is 407 g/mol. The Balaban J connectivity index is 2.05. The third kappa shape index (κ3) is 5.68. The van der Waals surface area contributed by atoms with Gasteiger partial charge in [-0.15, -0.1) is 0 Å². The minimum absolute atomic E-state index is 0.0184. The second-order valence-corrected chi connectivity index (χ2v) is 6.76. The minimum atomic E-state index is -0.118. The maximum Gasteiger partial charge on any atom is 0.308 e. The number of piperidine rings is 1. The fourth-order valence-corrected chi connectivity index (χ4v) is 3.56. The molecule has 1 N–H and O–H groups in total. The van der Waals surface area contributed by atoms with E-state index in [1.807, 2.05) is 19.1 Å². The second kappa shape index (κ2) is 11.4. The van der Waals surface area contributed by atoms with Gasteiger partial charge in [-0.05, 0) is 32.3 Å². The van der Waals surface area contributed by atoms with Gasteiger partial charge in [-0.25, -0.2) is 0 Å². The van der Waals surface area contributed by atoms with E-state index in [1.165, 1.54) is 7.11 Å². The van der Waals surface area contributed by atoms with Crippen LogP contribution in [0, 0.1) is 5.92 Å². The highest BCUT2D eigenvalue weighted by Gasteiger charge is 2.27. The van der Waals surface area contributed by atoms with Crippen molar-refractivity contribution >= 4 is 11.9 Å². The molecule has 0 amide bonds. The van der Waals surface area contributed by atoms with Gasteiger partial charge in [0.15, 0.2) is 17.5 Å². The minimum Gasteiger partial charge on any atom is -0.493 e. The van der Waals surface area contributed by atoms with Crippen molar-refractivity contribution in [3.63, 3.8) is 0 Å². The van der Waals surface area contributed by atoms with E-state index in [4.69, 9.17) is 23.9 Å². The molecule has 1 aromatic rings. The zero-order chi connectivity index (χ0) is 21.2. The average molecular weight is 408 g/mol. The van der Waals surface area contributed by atoms with Crippen LogP contribution in [0.1, 0.15) is 25.3 Å². The number of ether oxygens (including phenoxy) is 4. The van der Waals surface area contributed by atoms with Crippen molar-refractivity contribution in [1.29, 1.82) is 0 Å². The quantitative estimate of drug-likeness (QED) is 0.401. The molecule has 0 atom stereocenters. The molecular formula is C21H33N3O5. The van der Waals surface area contributed by atoms with Gasteiger partial charge >= 0.3 is 5.97 Å². The molecule has 0 spiro atoms. The van der Waals surface area contributed by atoms with E-state index in [0.29, 0.717) is 30.2 Å². The lowest BCUT2D eigenvalue weighted by molar-refractivity contribution is -0.146. The lowest BCUT2D eigenvalue weighted by Crippen LogP contribution is -2.46. The highest BCUT2D eigenvalue weighted by atomic mass is 16.5. The average Bonchev–Trinajstić information content (AvgIpc) is 2.77. The van der Waals surface area contributed by atoms with Crippen LogP contribution in [0.3, 0.4) is 0 Å². The summed E-state index contributed by atoms with van der Waals surface area (Å²) >= 11 is 0. The van der Waals surface area contributed by atoms with Gasteiger partial charge in [0.2, 0.25) is 5.75 Å². The summed E-state index contributed by atoms with van der Waals surface area (Å²) in [6, 6.07) is 3.85. The van der Waals surface area contributed by atoms with Crippen molar-refractivity contribution in [2.45, 2.75) is 26.2 Å². The van der Waals surface area contributed by atoms with Gasteiger partial charge in [0.1, 0.15) is 0 Å². The molecule has 1 aliphatic rings. The first kappa shape index (κ1) is 22.6. The standard InChI is InChI=1S/C21H33N3O5/c1-6-22-21(24-13-10-16(11-14-24)20(25)29-5)23-12-9-15-7-8-17(26-2)19(28-4)18(15)27-3/h7-8,16H,6,9-14H2,1-5H3,(H,22,23). The Hall–Kier alpha value is -2.64. The number of guanidine groups is 1. The van der Waals surface area contributed by atoms with Crippen LogP contribution in [0.5, 0.6) is 17.2 Å². The molecule has 0 radical (unpaired) electrons. The van der Waals surface area contributed by atoms with Crippen molar-refractivity contribution in [2.75, 3.05) is 54.6 Å². The highest BCUT2D eigenvalue weighted by Crippen LogP contribution is 2.39. The summed E-state index contributed by atoms with van der Waals surface area (Å²) in [4.78, 5) is 18.7. The number of likely N-dealkylation sites (tertiary alicyclic amines) is 1. The van der Waals surface area contributed by atoms with Crippen molar-refractivity contribution < 1.29 is 23.7 Å². The third-order valence-corrected chi connectivity index (χ3v) is 5.09. The Morgan fingerprint density at radius 1 is 1.10 bits per heavy atom. The summed E-state index contributed by atoms with van der Waals surface area (Å²) in [7, 11) is 6.28. The predicted octanol–water partition coefficient (Wildman–Crippen LogP) is 2.11. The van der Waals surface area contributed by atoms with E-state index < -0.39 is 0 Å². The second-order valence-electron chi connectivity index (χ2n) is 6.76. The normalized spacial score (nSPS) is 15.1. The van der Waals surface area contributed by atoms with Gasteiger partial charge in [-0.1, -0.05) is 6.07 Å². The lowest BCUT2D eigenvalue weighted by atomic mass is 9.97. The fourth-order valence-electron chi connectivity index (χ4n) is 3.56. The van der Waals surface area contributed by atoms with Crippen LogP contribution in [0.15, 0.2) is 17.1 Å². The van der Waals surface area contributed by atoms with Crippen LogP contribution < -0.4 is 19.5 Å². The SMILES string of the molecule is CCNC(=NCCc1ccc(OC)c(OC)c1OC)N1CCC(C(=O)OC)CC1. The Bertz CT molecular complexity index is 700. The summed E-state index contributed by atoms with van der Waals surface area (Å²) in [6.45, 7) is 5.01. The number of hydrogen-bond acceptors (Lipinski definition) is 6. The molecule has 0 aromatic heterocycles. The number of carbonyl (C=O) groups is 1. The highest BCUT2D eigenvalue weighted by molar-refractivity contribution is 5.80. The van der Waals surface area contributed by atoms with Crippen LogP contribution in [-0.2, 0) is 16.0 Å². The number of hydrogen-bond donors (Lipinski definition) is 1. The topological polar surface area (TPSA) is 81.6 Å². The van der Waals surface area contributed by atoms with E-state index in [9.17, 15) is 4.79 Å². The van der Waals surface area contributed by atoms with Crippen molar-refractivity contribution in [2.24, 2.45) is 10.9 Å². The first-order valence-corrected chi connectivity index (χ1v) is 9.98. The largest absolute Gasteiger partial charge is 0.493 e. The first-order valence-electron chi connectivity index (χ1n) is 9.98. The molecule has 1 aromatic carbocycles. The molecule has 8 heteroatoms. The third-order valence-electron chi connectivity index (χ3n) is 5.09. The molecule has 2 rings (SSSR count). The number of nitrogens with zero attached hydrogens (tertiary/aromatic N) is 2. The van der Waals surface area contributed by atoms with Crippen molar-refractivity contribution in [1.82, 2.24) is 10.2 Å². The van der Waals surface area contributed by atoms with Crippen molar-refractivity contribution in [3.05, 3.63) is 17.7 Å². The molecular weight excluding hydrogens is 374 g/mol. The molecule has 0 saturated carbocycles. The van der Waals surface area contributed by atoms with E-state index in [2.05, 4.69) is 10.2 Å². The molecule has 1 fully saturated rings. The zero-order valence-electron chi connectivity index (χ0n) is 18.1. The number of carbonyl (C=O) groups excluding carboxylic acids is 1. The fraction of sp³-hybridized carbons (Fsp3) is 0.619. The molecule has 0 bridgehead atoms. The van der Waals surface area contributed by atoms with Crippen LogP contribution in [-0.4, -0.2) is 71.4 Å². The van der Waals surface area contributed by atoms with Gasteiger partial charge in [-0.3, -0.25) is 9.79 Å². The Morgan fingerprint density at radius 2 is 1.79 bits per heavy atom. The number of nitrogens with one attached hydrogen (secondary N) is 1. The van der Waals surface area contributed by atoms with Gasteiger partial charge in [0.25, 0.3) is 0 Å². The summed E-state index contributed by atoms with van der Waals surface area (Å²) < 4.78 is 21.2. The van der Waals surface area contributed by atoms with Crippen molar-refractivity contribution in [3.8, 4) is 17.2 Å². The van der Waals surface area contributed by atoms with Crippen LogP contribution in [0.25, 0.3) is 0 Å². The molecule has 1 saturated heterocycles. The maximum atomic E-state index is 11.7. The lowest BCUT2D eigenvalue weighted by Gasteiger charge is -2.33. The number of benzene rings is 1. The number of esters is 1. The van der Waals surface area contributed by atoms with E-state index in [0.717, 1.165) is 44.0 Å². The summed E-state index contributed by atoms with van der Waals surface area (Å²) in [6.07, 6.45) is 2.26. The van der Waals surface area contributed by atoms with E-state index in [1.54, 1.807) is 21.3 Å².